The van der Waals surface area contributed by atoms with Crippen LogP contribution in [0.2, 0.25) is 10.0 Å². The Balaban J connectivity index is 2.25. The van der Waals surface area contributed by atoms with Crippen molar-refractivity contribution in [3.05, 3.63) is 33.8 Å². The second-order valence-electron chi connectivity index (χ2n) is 4.40. The third-order valence-electron chi connectivity index (χ3n) is 3.35. The fourth-order valence-electron chi connectivity index (χ4n) is 2.30. The SMILES string of the molecule is CN(C(=O)O)[C@H]1CNC[C@@H]1c1ccc(Cl)c(Cl)c1. The van der Waals surface area contributed by atoms with Crippen molar-refractivity contribution in [2.75, 3.05) is 20.1 Å². The van der Waals surface area contributed by atoms with E-state index < -0.39 is 6.09 Å². The highest BCUT2D eigenvalue weighted by Gasteiger charge is 2.33. The maximum absolute atomic E-state index is 11.0. The number of nitrogens with one attached hydrogen (secondary N) is 1. The van der Waals surface area contributed by atoms with Gasteiger partial charge in [-0.15, -0.1) is 0 Å². The molecule has 0 bridgehead atoms. The predicted molar refractivity (Wildman–Crippen MR) is 71.6 cm³/mol. The van der Waals surface area contributed by atoms with Crippen LogP contribution in [0.15, 0.2) is 18.2 Å². The van der Waals surface area contributed by atoms with Crippen molar-refractivity contribution in [1.29, 1.82) is 0 Å². The molecule has 2 rings (SSSR count). The first kappa shape index (κ1) is 13.5. The second-order valence-corrected chi connectivity index (χ2v) is 5.21. The van der Waals surface area contributed by atoms with E-state index in [1.165, 1.54) is 4.90 Å². The lowest BCUT2D eigenvalue weighted by atomic mass is 9.94. The molecular formula is C12H14Cl2N2O2. The van der Waals surface area contributed by atoms with E-state index in [2.05, 4.69) is 5.32 Å². The molecule has 1 aliphatic heterocycles. The van der Waals surface area contributed by atoms with E-state index in [9.17, 15) is 4.79 Å². The molecule has 1 saturated heterocycles. The minimum absolute atomic E-state index is 0.0836. The van der Waals surface area contributed by atoms with Crippen LogP contribution in [-0.4, -0.2) is 42.3 Å². The van der Waals surface area contributed by atoms with Gasteiger partial charge < -0.3 is 15.3 Å². The van der Waals surface area contributed by atoms with Crippen LogP contribution in [0.3, 0.4) is 0 Å². The molecule has 0 spiro atoms. The summed E-state index contributed by atoms with van der Waals surface area (Å²) < 4.78 is 0. The van der Waals surface area contributed by atoms with Crippen LogP contribution < -0.4 is 5.32 Å². The zero-order chi connectivity index (χ0) is 13.3. The number of halogens is 2. The molecule has 0 saturated carbocycles. The molecule has 98 valence electrons. The zero-order valence-electron chi connectivity index (χ0n) is 9.86. The lowest BCUT2D eigenvalue weighted by molar-refractivity contribution is 0.138. The smallest absolute Gasteiger partial charge is 0.407 e. The van der Waals surface area contributed by atoms with Crippen molar-refractivity contribution in [1.82, 2.24) is 10.2 Å². The quantitative estimate of drug-likeness (QED) is 0.880. The van der Waals surface area contributed by atoms with Crippen LogP contribution in [0.4, 0.5) is 4.79 Å². The molecule has 1 fully saturated rings. The normalized spacial score (nSPS) is 23.1. The van der Waals surface area contributed by atoms with Crippen LogP contribution in [0.1, 0.15) is 11.5 Å². The van der Waals surface area contributed by atoms with Gasteiger partial charge in [0.2, 0.25) is 0 Å². The van der Waals surface area contributed by atoms with Crippen LogP contribution in [0.25, 0.3) is 0 Å². The van der Waals surface area contributed by atoms with Crippen molar-refractivity contribution < 1.29 is 9.90 Å². The Labute approximate surface area is 115 Å². The summed E-state index contributed by atoms with van der Waals surface area (Å²) in [6.07, 6.45) is -0.922. The Kier molecular flexibility index (Phi) is 4.00. The molecule has 1 aromatic carbocycles. The van der Waals surface area contributed by atoms with Gasteiger partial charge in [0.05, 0.1) is 16.1 Å². The highest BCUT2D eigenvalue weighted by atomic mass is 35.5. The third-order valence-corrected chi connectivity index (χ3v) is 4.09. The number of nitrogens with zero attached hydrogens (tertiary/aromatic N) is 1. The fourth-order valence-corrected chi connectivity index (χ4v) is 2.60. The lowest BCUT2D eigenvalue weighted by Crippen LogP contribution is -2.40. The van der Waals surface area contributed by atoms with Crippen molar-refractivity contribution in [2.45, 2.75) is 12.0 Å². The number of hydrogen-bond acceptors (Lipinski definition) is 2. The molecule has 2 N–H and O–H groups in total. The van der Waals surface area contributed by atoms with Gasteiger partial charge in [-0.25, -0.2) is 4.79 Å². The average molecular weight is 289 g/mol. The molecule has 2 atom stereocenters. The molecule has 0 aliphatic carbocycles. The van der Waals surface area contributed by atoms with Crippen molar-refractivity contribution in [3.63, 3.8) is 0 Å². The van der Waals surface area contributed by atoms with Crippen LogP contribution >= 0.6 is 23.2 Å². The number of benzene rings is 1. The maximum Gasteiger partial charge on any atom is 0.407 e. The van der Waals surface area contributed by atoms with E-state index in [1.54, 1.807) is 13.1 Å². The van der Waals surface area contributed by atoms with Crippen LogP contribution in [0, 0.1) is 0 Å². The summed E-state index contributed by atoms with van der Waals surface area (Å²) in [6, 6.07) is 5.37. The van der Waals surface area contributed by atoms with Gasteiger partial charge in [-0.1, -0.05) is 29.3 Å². The summed E-state index contributed by atoms with van der Waals surface area (Å²) >= 11 is 11.9. The molecular weight excluding hydrogens is 275 g/mol. The van der Waals surface area contributed by atoms with Crippen LogP contribution in [0.5, 0.6) is 0 Å². The highest BCUT2D eigenvalue weighted by molar-refractivity contribution is 6.42. The minimum atomic E-state index is -0.922. The number of amides is 1. The van der Waals surface area contributed by atoms with Gasteiger partial charge in [-0.3, -0.25) is 0 Å². The maximum atomic E-state index is 11.0. The lowest BCUT2D eigenvalue weighted by Gasteiger charge is -2.27. The summed E-state index contributed by atoms with van der Waals surface area (Å²) in [6.45, 7) is 1.38. The van der Waals surface area contributed by atoms with E-state index in [0.717, 1.165) is 12.1 Å². The van der Waals surface area contributed by atoms with Gasteiger partial charge in [0, 0.05) is 26.1 Å². The summed E-state index contributed by atoms with van der Waals surface area (Å²) in [4.78, 5) is 12.4. The summed E-state index contributed by atoms with van der Waals surface area (Å²) in [7, 11) is 1.59. The first-order valence-electron chi connectivity index (χ1n) is 5.62. The molecule has 0 unspecified atom stereocenters. The molecule has 6 heteroatoms. The topological polar surface area (TPSA) is 52.6 Å². The molecule has 0 aromatic heterocycles. The van der Waals surface area contributed by atoms with E-state index in [0.29, 0.717) is 16.6 Å². The number of carbonyl (C=O) groups is 1. The molecule has 1 heterocycles. The van der Waals surface area contributed by atoms with Gasteiger partial charge in [0.15, 0.2) is 0 Å². The van der Waals surface area contributed by atoms with Gasteiger partial charge >= 0.3 is 6.09 Å². The Hall–Kier alpha value is -0.970. The standard InChI is InChI=1S/C12H14Cl2N2O2/c1-16(12(17)18)11-6-15-5-8(11)7-2-3-9(13)10(14)4-7/h2-4,8,11,15H,5-6H2,1H3,(H,17,18)/t8-,11+/m1/s1. The van der Waals surface area contributed by atoms with Crippen LogP contribution in [-0.2, 0) is 0 Å². The summed E-state index contributed by atoms with van der Waals surface area (Å²) in [5.74, 6) is 0.0980. The Bertz CT molecular complexity index is 467. The molecule has 1 aliphatic rings. The molecule has 1 amide bonds. The Morgan fingerprint density at radius 3 is 2.72 bits per heavy atom. The average Bonchev–Trinajstić information content (AvgIpc) is 2.80. The first-order valence-corrected chi connectivity index (χ1v) is 6.37. The van der Waals surface area contributed by atoms with E-state index in [1.807, 2.05) is 12.1 Å². The second kappa shape index (κ2) is 5.34. The minimum Gasteiger partial charge on any atom is -0.465 e. The van der Waals surface area contributed by atoms with Gasteiger partial charge in [0.25, 0.3) is 0 Å². The largest absolute Gasteiger partial charge is 0.465 e. The molecule has 0 radical (unpaired) electrons. The molecule has 4 nitrogen and oxygen atoms in total. The zero-order valence-corrected chi connectivity index (χ0v) is 11.4. The summed E-state index contributed by atoms with van der Waals surface area (Å²) in [5.41, 5.74) is 1.01. The number of likely N-dealkylation sites (N-methyl/N-ethyl adjacent to an activating group) is 1. The van der Waals surface area contributed by atoms with E-state index in [-0.39, 0.29) is 12.0 Å². The van der Waals surface area contributed by atoms with Gasteiger partial charge in [-0.05, 0) is 17.7 Å². The van der Waals surface area contributed by atoms with Crippen molar-refractivity contribution in [3.8, 4) is 0 Å². The molecule has 1 aromatic rings. The number of hydrogen-bond donors (Lipinski definition) is 2. The Morgan fingerprint density at radius 2 is 2.11 bits per heavy atom. The summed E-state index contributed by atoms with van der Waals surface area (Å²) in [5, 5.41) is 13.3. The van der Waals surface area contributed by atoms with Crippen molar-refractivity contribution in [2.24, 2.45) is 0 Å². The van der Waals surface area contributed by atoms with Gasteiger partial charge in [0.1, 0.15) is 0 Å². The fraction of sp³-hybridized carbons (Fsp3) is 0.417. The number of carboxylic acid groups (broad SMARTS) is 1. The monoisotopic (exact) mass is 288 g/mol. The van der Waals surface area contributed by atoms with Crippen molar-refractivity contribution >= 4 is 29.3 Å². The third kappa shape index (κ3) is 2.55. The van der Waals surface area contributed by atoms with E-state index >= 15 is 0 Å². The number of rotatable bonds is 2. The highest BCUT2D eigenvalue weighted by Crippen LogP contribution is 2.31. The molecule has 18 heavy (non-hydrogen) atoms. The Morgan fingerprint density at radius 1 is 1.39 bits per heavy atom. The van der Waals surface area contributed by atoms with E-state index in [4.69, 9.17) is 28.3 Å². The predicted octanol–water partition coefficient (Wildman–Crippen LogP) is 2.66. The van der Waals surface area contributed by atoms with Gasteiger partial charge in [-0.2, -0.15) is 0 Å². The first-order chi connectivity index (χ1) is 8.50.